The molecule has 0 radical (unpaired) electrons. The first kappa shape index (κ1) is 20.4. The Hall–Kier alpha value is -2.94. The number of benzene rings is 1. The van der Waals surface area contributed by atoms with Crippen LogP contribution in [0.3, 0.4) is 0 Å². The third kappa shape index (κ3) is 4.08. The van der Waals surface area contributed by atoms with Gasteiger partial charge in [0.25, 0.3) is 5.56 Å². The summed E-state index contributed by atoms with van der Waals surface area (Å²) in [4.78, 5) is 50.2. The molecule has 0 saturated carbocycles. The zero-order valence-corrected chi connectivity index (χ0v) is 15.4. The van der Waals surface area contributed by atoms with Crippen molar-refractivity contribution in [1.82, 2.24) is 9.55 Å². The topological polar surface area (TPSA) is 118 Å². The molecule has 0 aliphatic heterocycles. The lowest BCUT2D eigenvalue weighted by Gasteiger charge is -2.20. The number of nitrogens with one attached hydrogen (secondary N) is 1. The first-order valence-corrected chi connectivity index (χ1v) is 8.17. The normalized spacial score (nSPS) is 11.3. The van der Waals surface area contributed by atoms with Crippen molar-refractivity contribution in [3.05, 3.63) is 61.1 Å². The van der Waals surface area contributed by atoms with Gasteiger partial charge in [0.1, 0.15) is 5.82 Å². The largest absolute Gasteiger partial charge is 0.478 e. The molecule has 1 heterocycles. The Morgan fingerprint density at radius 1 is 1.30 bits per heavy atom. The molecule has 8 nitrogen and oxygen atoms in total. The van der Waals surface area contributed by atoms with E-state index in [4.69, 9.17) is 21.4 Å². The van der Waals surface area contributed by atoms with E-state index in [0.29, 0.717) is 16.7 Å². The summed E-state index contributed by atoms with van der Waals surface area (Å²) in [6.07, 6.45) is 0.385. The van der Waals surface area contributed by atoms with Crippen LogP contribution in [0.4, 0.5) is 4.39 Å². The molecule has 2 aromatic rings. The second kappa shape index (κ2) is 7.36. The average Bonchev–Trinajstić information content (AvgIpc) is 2.55. The summed E-state index contributed by atoms with van der Waals surface area (Å²) in [6.45, 7) is 4.00. The molecule has 1 aromatic carbocycles. The van der Waals surface area contributed by atoms with E-state index in [0.717, 1.165) is 32.0 Å². The molecule has 0 bridgehead atoms. The summed E-state index contributed by atoms with van der Waals surface area (Å²) >= 11 is 5.86. The number of nitrogens with zero attached hydrogens (tertiary/aromatic N) is 1. The number of rotatable bonds is 5. The van der Waals surface area contributed by atoms with Crippen LogP contribution in [-0.2, 0) is 16.0 Å². The van der Waals surface area contributed by atoms with Gasteiger partial charge < -0.3 is 14.8 Å². The number of ether oxygens (including phenoxy) is 1. The van der Waals surface area contributed by atoms with Crippen molar-refractivity contribution in [2.45, 2.75) is 32.8 Å². The Bertz CT molecular complexity index is 1010. The molecule has 10 heteroatoms. The lowest BCUT2D eigenvalue weighted by atomic mass is 10.1. The van der Waals surface area contributed by atoms with Crippen LogP contribution in [0.1, 0.15) is 36.8 Å². The molecule has 0 saturated heterocycles. The molecule has 0 aliphatic rings. The van der Waals surface area contributed by atoms with E-state index in [9.17, 15) is 23.6 Å². The molecule has 0 atom stereocenters. The number of carboxylic acids is 1. The number of aryl methyl sites for hydroxylation is 1. The fourth-order valence-electron chi connectivity index (χ4n) is 2.16. The van der Waals surface area contributed by atoms with E-state index < -0.39 is 45.9 Å². The smallest absolute Gasteiger partial charge is 0.347 e. The highest BCUT2D eigenvalue weighted by molar-refractivity contribution is 6.33. The Balaban J connectivity index is 2.61. The number of carbonyl (C=O) groups excluding carboxylic acids is 1. The predicted octanol–water partition coefficient (Wildman–Crippen LogP) is 1.90. The molecule has 0 amide bonds. The maximum atomic E-state index is 14.3. The number of halogens is 2. The molecule has 0 aliphatic carbocycles. The molecule has 144 valence electrons. The van der Waals surface area contributed by atoms with E-state index in [2.05, 4.69) is 4.98 Å². The molecule has 27 heavy (non-hydrogen) atoms. The monoisotopic (exact) mass is 398 g/mol. The number of esters is 1. The van der Waals surface area contributed by atoms with Crippen LogP contribution in [0.5, 0.6) is 0 Å². The fraction of sp³-hybridized carbons (Fsp3) is 0.294. The van der Waals surface area contributed by atoms with E-state index in [1.807, 2.05) is 0 Å². The highest BCUT2D eigenvalue weighted by Gasteiger charge is 2.33. The van der Waals surface area contributed by atoms with Crippen molar-refractivity contribution in [2.75, 3.05) is 0 Å². The van der Waals surface area contributed by atoms with Crippen LogP contribution in [0.15, 0.2) is 27.8 Å². The van der Waals surface area contributed by atoms with Gasteiger partial charge in [-0.25, -0.2) is 23.3 Å². The second-order valence-corrected chi connectivity index (χ2v) is 6.52. The standard InChI is InChI=1S/C17H16ClFN2O6/c1-4-8-5-13(22)21(16(26)20-8)12-6-9(10(18)7-11(12)19)14(23)27-17(2,3)15(24)25/h5-7H,4H2,1-3H3,(H,20,26)(H,24,25). The van der Waals surface area contributed by atoms with Crippen LogP contribution in [0.2, 0.25) is 5.02 Å². The van der Waals surface area contributed by atoms with Crippen molar-refractivity contribution < 1.29 is 23.8 Å². The average molecular weight is 399 g/mol. The van der Waals surface area contributed by atoms with Gasteiger partial charge in [-0.1, -0.05) is 18.5 Å². The molecule has 0 unspecified atom stereocenters. The summed E-state index contributed by atoms with van der Waals surface area (Å²) in [5.74, 6) is -3.58. The number of carboxylic acid groups (broad SMARTS) is 1. The number of H-pyrrole nitrogens is 1. The van der Waals surface area contributed by atoms with Gasteiger partial charge in [-0.2, -0.15) is 0 Å². The molecule has 0 fully saturated rings. The number of hydrogen-bond acceptors (Lipinski definition) is 5. The van der Waals surface area contributed by atoms with Crippen molar-refractivity contribution >= 4 is 23.5 Å². The van der Waals surface area contributed by atoms with E-state index in [-0.39, 0.29) is 5.02 Å². The van der Waals surface area contributed by atoms with E-state index in [1.165, 1.54) is 0 Å². The lowest BCUT2D eigenvalue weighted by molar-refractivity contribution is -0.155. The van der Waals surface area contributed by atoms with Gasteiger partial charge in [0.15, 0.2) is 0 Å². The SMILES string of the molecule is CCc1cc(=O)n(-c2cc(C(=O)OC(C)(C)C(=O)O)c(Cl)cc2F)c(=O)[nH]1. The zero-order valence-electron chi connectivity index (χ0n) is 14.6. The van der Waals surface area contributed by atoms with E-state index >= 15 is 0 Å². The third-order valence-electron chi connectivity index (χ3n) is 3.73. The molecule has 1 aromatic heterocycles. The van der Waals surface area contributed by atoms with Crippen LogP contribution in [0.25, 0.3) is 5.69 Å². The van der Waals surface area contributed by atoms with Gasteiger partial charge in [0.2, 0.25) is 5.60 Å². The highest BCUT2D eigenvalue weighted by atomic mass is 35.5. The van der Waals surface area contributed by atoms with Crippen LogP contribution in [0, 0.1) is 5.82 Å². The number of aromatic amines is 1. The van der Waals surface area contributed by atoms with Crippen LogP contribution in [-0.4, -0.2) is 32.2 Å². The second-order valence-electron chi connectivity index (χ2n) is 6.12. The Labute approximate surface area is 157 Å². The molecule has 2 rings (SSSR count). The number of carbonyl (C=O) groups is 2. The summed E-state index contributed by atoms with van der Waals surface area (Å²) < 4.78 is 19.7. The maximum Gasteiger partial charge on any atom is 0.347 e. The van der Waals surface area contributed by atoms with Crippen molar-refractivity contribution in [3.8, 4) is 5.69 Å². The molecular weight excluding hydrogens is 383 g/mol. The van der Waals surface area contributed by atoms with Gasteiger partial charge in [-0.05, 0) is 32.4 Å². The summed E-state index contributed by atoms with van der Waals surface area (Å²) in [6, 6.07) is 2.72. The van der Waals surface area contributed by atoms with Crippen molar-refractivity contribution in [2.24, 2.45) is 0 Å². The van der Waals surface area contributed by atoms with Crippen molar-refractivity contribution in [3.63, 3.8) is 0 Å². The highest BCUT2D eigenvalue weighted by Crippen LogP contribution is 2.25. The quantitative estimate of drug-likeness (QED) is 0.742. The molecule has 0 spiro atoms. The van der Waals surface area contributed by atoms with Crippen molar-refractivity contribution in [1.29, 1.82) is 0 Å². The summed E-state index contributed by atoms with van der Waals surface area (Å²) in [5.41, 5.74) is -4.13. The zero-order chi connectivity index (χ0) is 20.5. The predicted molar refractivity (Wildman–Crippen MR) is 94.1 cm³/mol. The minimum atomic E-state index is -1.87. The first-order chi connectivity index (χ1) is 12.5. The Morgan fingerprint density at radius 2 is 1.93 bits per heavy atom. The Morgan fingerprint density at radius 3 is 2.44 bits per heavy atom. The number of hydrogen-bond donors (Lipinski definition) is 2. The molecular formula is C17H16ClFN2O6. The maximum absolute atomic E-state index is 14.3. The first-order valence-electron chi connectivity index (χ1n) is 7.79. The van der Waals surface area contributed by atoms with E-state index in [1.54, 1.807) is 6.92 Å². The Kier molecular flexibility index (Phi) is 5.55. The van der Waals surface area contributed by atoms with Gasteiger partial charge >= 0.3 is 17.6 Å². The summed E-state index contributed by atoms with van der Waals surface area (Å²) in [7, 11) is 0. The minimum absolute atomic E-state index is 0.360. The van der Waals surface area contributed by atoms with Gasteiger partial charge in [0, 0.05) is 11.8 Å². The minimum Gasteiger partial charge on any atom is -0.478 e. The number of aromatic nitrogens is 2. The third-order valence-corrected chi connectivity index (χ3v) is 4.04. The summed E-state index contributed by atoms with van der Waals surface area (Å²) in [5, 5.41) is 8.68. The van der Waals surface area contributed by atoms with Gasteiger partial charge in [0.05, 0.1) is 16.3 Å². The van der Waals surface area contributed by atoms with Gasteiger partial charge in [-0.3, -0.25) is 4.79 Å². The van der Waals surface area contributed by atoms with Gasteiger partial charge in [-0.15, -0.1) is 0 Å². The number of aliphatic carboxylic acids is 1. The van der Waals surface area contributed by atoms with Crippen LogP contribution < -0.4 is 11.2 Å². The lowest BCUT2D eigenvalue weighted by Crippen LogP contribution is -2.37. The van der Waals surface area contributed by atoms with Crippen LogP contribution >= 0.6 is 11.6 Å². The molecule has 2 N–H and O–H groups in total. The fourth-order valence-corrected chi connectivity index (χ4v) is 2.38.